The quantitative estimate of drug-likeness (QED) is 0.372. The Morgan fingerprint density at radius 3 is 2.63 bits per heavy atom. The highest BCUT2D eigenvalue weighted by Gasteiger charge is 2.19. The number of rotatable bonds is 4. The van der Waals surface area contributed by atoms with E-state index in [4.69, 9.17) is 10.9 Å². The number of nitrogens with zero attached hydrogens (tertiary/aromatic N) is 2. The van der Waals surface area contributed by atoms with E-state index in [0.717, 1.165) is 12.1 Å². The SMILES string of the molecule is CC(C(N)=NO)N(C)C(=O)Cc1ccc(F)c(F)c1. The predicted molar refractivity (Wildman–Crippen MR) is 65.7 cm³/mol. The first kappa shape index (κ1) is 14.9. The first-order chi connectivity index (χ1) is 8.86. The maximum Gasteiger partial charge on any atom is 0.227 e. The maximum absolute atomic E-state index is 13.0. The molecule has 1 aromatic rings. The highest BCUT2D eigenvalue weighted by molar-refractivity contribution is 5.90. The minimum absolute atomic E-state index is 0.100. The second kappa shape index (κ2) is 6.12. The molecule has 0 heterocycles. The van der Waals surface area contributed by atoms with Gasteiger partial charge in [-0.3, -0.25) is 4.79 Å². The van der Waals surface area contributed by atoms with Gasteiger partial charge in [-0.25, -0.2) is 8.78 Å². The third-order valence-corrected chi connectivity index (χ3v) is 2.86. The Bertz CT molecular complexity index is 506. The molecule has 0 radical (unpaired) electrons. The van der Waals surface area contributed by atoms with Gasteiger partial charge < -0.3 is 15.8 Å². The lowest BCUT2D eigenvalue weighted by atomic mass is 10.1. The van der Waals surface area contributed by atoms with Crippen molar-refractivity contribution in [1.29, 1.82) is 0 Å². The van der Waals surface area contributed by atoms with Crippen molar-refractivity contribution in [3.05, 3.63) is 35.4 Å². The molecule has 1 rings (SSSR count). The predicted octanol–water partition coefficient (Wildman–Crippen LogP) is 1.10. The van der Waals surface area contributed by atoms with E-state index in [0.29, 0.717) is 5.56 Å². The van der Waals surface area contributed by atoms with Gasteiger partial charge in [0.15, 0.2) is 17.5 Å². The second-order valence-corrected chi connectivity index (χ2v) is 4.13. The molecule has 104 valence electrons. The molecule has 5 nitrogen and oxygen atoms in total. The van der Waals surface area contributed by atoms with Crippen LogP contribution in [0.3, 0.4) is 0 Å². The number of likely N-dealkylation sites (N-methyl/N-ethyl adjacent to an activating group) is 1. The summed E-state index contributed by atoms with van der Waals surface area (Å²) in [6.45, 7) is 1.58. The number of oxime groups is 1. The highest BCUT2D eigenvalue weighted by Crippen LogP contribution is 2.10. The largest absolute Gasteiger partial charge is 0.409 e. The molecule has 0 bridgehead atoms. The summed E-state index contributed by atoms with van der Waals surface area (Å²) in [5, 5.41) is 11.3. The molecule has 19 heavy (non-hydrogen) atoms. The lowest BCUT2D eigenvalue weighted by Crippen LogP contribution is -2.44. The third-order valence-electron chi connectivity index (χ3n) is 2.86. The van der Waals surface area contributed by atoms with Crippen molar-refractivity contribution in [3.8, 4) is 0 Å². The standard InChI is InChI=1S/C12H15F2N3O2/c1-7(12(15)16-19)17(2)11(18)6-8-3-4-9(13)10(14)5-8/h3-5,7,19H,6H2,1-2H3,(H2,15,16). The smallest absolute Gasteiger partial charge is 0.227 e. The number of hydrogen-bond acceptors (Lipinski definition) is 3. The van der Waals surface area contributed by atoms with Crippen LogP contribution in [0.5, 0.6) is 0 Å². The van der Waals surface area contributed by atoms with Gasteiger partial charge in [-0.2, -0.15) is 0 Å². The number of carbonyl (C=O) groups excluding carboxylic acids is 1. The van der Waals surface area contributed by atoms with Crippen molar-refractivity contribution in [3.63, 3.8) is 0 Å². The Morgan fingerprint density at radius 1 is 1.47 bits per heavy atom. The molecule has 1 aromatic carbocycles. The molecular formula is C12H15F2N3O2. The van der Waals surface area contributed by atoms with Gasteiger partial charge in [0.2, 0.25) is 5.91 Å². The van der Waals surface area contributed by atoms with E-state index in [1.807, 2.05) is 0 Å². The minimum atomic E-state index is -1.00. The molecule has 0 fully saturated rings. The lowest BCUT2D eigenvalue weighted by Gasteiger charge is -2.23. The Labute approximate surface area is 109 Å². The monoisotopic (exact) mass is 271 g/mol. The lowest BCUT2D eigenvalue weighted by molar-refractivity contribution is -0.129. The first-order valence-electron chi connectivity index (χ1n) is 5.53. The van der Waals surface area contributed by atoms with Crippen molar-refractivity contribution >= 4 is 11.7 Å². The number of benzene rings is 1. The average Bonchev–Trinajstić information content (AvgIpc) is 2.40. The van der Waals surface area contributed by atoms with Crippen LogP contribution in [-0.2, 0) is 11.2 Å². The molecule has 0 saturated carbocycles. The zero-order chi connectivity index (χ0) is 14.6. The van der Waals surface area contributed by atoms with Gasteiger partial charge in [0, 0.05) is 7.05 Å². The molecule has 0 aliphatic carbocycles. The van der Waals surface area contributed by atoms with E-state index in [1.54, 1.807) is 6.92 Å². The van der Waals surface area contributed by atoms with Gasteiger partial charge in [0.05, 0.1) is 12.5 Å². The molecule has 0 aromatic heterocycles. The summed E-state index contributed by atoms with van der Waals surface area (Å²) >= 11 is 0. The number of nitrogens with two attached hydrogens (primary N) is 1. The van der Waals surface area contributed by atoms with Crippen LogP contribution in [0.2, 0.25) is 0 Å². The fourth-order valence-corrected chi connectivity index (χ4v) is 1.45. The van der Waals surface area contributed by atoms with Crippen molar-refractivity contribution < 1.29 is 18.8 Å². The molecule has 7 heteroatoms. The Hall–Kier alpha value is -2.18. The van der Waals surface area contributed by atoms with Crippen molar-refractivity contribution in [2.24, 2.45) is 10.9 Å². The van der Waals surface area contributed by atoms with Crippen molar-refractivity contribution in [1.82, 2.24) is 4.90 Å². The van der Waals surface area contributed by atoms with Crippen LogP contribution >= 0.6 is 0 Å². The third kappa shape index (κ3) is 3.64. The van der Waals surface area contributed by atoms with E-state index in [9.17, 15) is 13.6 Å². The van der Waals surface area contributed by atoms with E-state index in [1.165, 1.54) is 18.0 Å². The Kier molecular flexibility index (Phi) is 4.80. The van der Waals surface area contributed by atoms with E-state index in [-0.39, 0.29) is 18.2 Å². The average molecular weight is 271 g/mol. The first-order valence-corrected chi connectivity index (χ1v) is 5.53. The zero-order valence-electron chi connectivity index (χ0n) is 10.6. The van der Waals surface area contributed by atoms with Gasteiger partial charge >= 0.3 is 0 Å². The fraction of sp³-hybridized carbons (Fsp3) is 0.333. The Morgan fingerprint density at radius 2 is 2.11 bits per heavy atom. The summed E-state index contributed by atoms with van der Waals surface area (Å²) in [5.41, 5.74) is 5.74. The van der Waals surface area contributed by atoms with E-state index >= 15 is 0 Å². The van der Waals surface area contributed by atoms with Crippen LogP contribution in [0.4, 0.5) is 8.78 Å². The van der Waals surface area contributed by atoms with Crippen LogP contribution < -0.4 is 5.73 Å². The van der Waals surface area contributed by atoms with Gasteiger partial charge in [-0.05, 0) is 24.6 Å². The number of halogens is 2. The van der Waals surface area contributed by atoms with Gasteiger partial charge in [-0.1, -0.05) is 11.2 Å². The molecule has 1 amide bonds. The molecule has 0 aliphatic heterocycles. The Balaban J connectivity index is 2.76. The van der Waals surface area contributed by atoms with Crippen LogP contribution in [0.15, 0.2) is 23.4 Å². The van der Waals surface area contributed by atoms with Crippen LogP contribution in [-0.4, -0.2) is 34.9 Å². The topological polar surface area (TPSA) is 78.9 Å². The summed E-state index contributed by atoms with van der Waals surface area (Å²) < 4.78 is 25.7. The van der Waals surface area contributed by atoms with Crippen molar-refractivity contribution in [2.45, 2.75) is 19.4 Å². The maximum atomic E-state index is 13.0. The summed E-state index contributed by atoms with van der Waals surface area (Å²) in [6.07, 6.45) is -0.100. The fourth-order valence-electron chi connectivity index (χ4n) is 1.45. The molecular weight excluding hydrogens is 256 g/mol. The number of amides is 1. The molecule has 1 atom stereocenters. The van der Waals surface area contributed by atoms with E-state index < -0.39 is 17.7 Å². The second-order valence-electron chi connectivity index (χ2n) is 4.13. The molecule has 3 N–H and O–H groups in total. The summed E-state index contributed by atoms with van der Waals surface area (Å²) in [4.78, 5) is 13.1. The normalized spacial score (nSPS) is 13.2. The minimum Gasteiger partial charge on any atom is -0.409 e. The van der Waals surface area contributed by atoms with E-state index in [2.05, 4.69) is 5.16 Å². The molecule has 1 unspecified atom stereocenters. The highest BCUT2D eigenvalue weighted by atomic mass is 19.2. The van der Waals surface area contributed by atoms with Crippen molar-refractivity contribution in [2.75, 3.05) is 7.05 Å². The number of amidine groups is 1. The van der Waals surface area contributed by atoms with Gasteiger partial charge in [0.1, 0.15) is 0 Å². The summed E-state index contributed by atoms with van der Waals surface area (Å²) in [7, 11) is 1.48. The van der Waals surface area contributed by atoms with Gasteiger partial charge in [0.25, 0.3) is 0 Å². The zero-order valence-corrected chi connectivity index (χ0v) is 10.6. The van der Waals surface area contributed by atoms with Gasteiger partial charge in [-0.15, -0.1) is 0 Å². The molecule has 0 spiro atoms. The molecule has 0 aliphatic rings. The summed E-state index contributed by atoms with van der Waals surface area (Å²) in [6, 6.07) is 2.67. The number of carbonyl (C=O) groups is 1. The van der Waals surface area contributed by atoms with Crippen LogP contribution in [0, 0.1) is 11.6 Å². The summed E-state index contributed by atoms with van der Waals surface area (Å²) in [5.74, 6) is -2.43. The molecule has 0 saturated heterocycles. The van der Waals surface area contributed by atoms with Crippen LogP contribution in [0.1, 0.15) is 12.5 Å². The van der Waals surface area contributed by atoms with Crippen LogP contribution in [0.25, 0.3) is 0 Å². The number of hydrogen-bond donors (Lipinski definition) is 2.